The molecule has 1 aromatic heterocycles. The molecule has 1 amide bonds. The smallest absolute Gasteiger partial charge is 0.276 e. The number of hydrogen-bond acceptors (Lipinski definition) is 4. The molecule has 2 aromatic rings. The second-order valence-corrected chi connectivity index (χ2v) is 6.87. The average molecular weight is 326 g/mol. The zero-order valence-electron chi connectivity index (χ0n) is 14.9. The number of rotatable bonds is 6. The Kier molecular flexibility index (Phi) is 5.90. The van der Waals surface area contributed by atoms with Crippen molar-refractivity contribution in [2.24, 2.45) is 0 Å². The van der Waals surface area contributed by atoms with Crippen LogP contribution in [0.2, 0.25) is 0 Å². The van der Waals surface area contributed by atoms with Crippen LogP contribution in [-0.2, 0) is 5.41 Å². The molecule has 0 aliphatic heterocycles. The summed E-state index contributed by atoms with van der Waals surface area (Å²) in [4.78, 5) is 12.2. The molecule has 0 saturated heterocycles. The van der Waals surface area contributed by atoms with E-state index in [0.29, 0.717) is 11.5 Å². The summed E-state index contributed by atoms with van der Waals surface area (Å²) in [6.07, 6.45) is 2.20. The van der Waals surface area contributed by atoms with Gasteiger partial charge in [-0.3, -0.25) is 4.79 Å². The van der Waals surface area contributed by atoms with Gasteiger partial charge in [0.05, 0.1) is 0 Å². The first-order chi connectivity index (χ1) is 11.4. The highest BCUT2D eigenvalue weighted by molar-refractivity contribution is 6.02. The Bertz CT molecular complexity index is 657. The van der Waals surface area contributed by atoms with Crippen molar-refractivity contribution in [2.45, 2.75) is 46.0 Å². The molecule has 2 rings (SSSR count). The van der Waals surface area contributed by atoms with Crippen molar-refractivity contribution in [3.05, 3.63) is 47.7 Å². The Morgan fingerprint density at radius 3 is 2.29 bits per heavy atom. The molecule has 1 heterocycles. The van der Waals surface area contributed by atoms with Crippen LogP contribution in [0.5, 0.6) is 0 Å². The number of nitrogens with one attached hydrogen (secondary N) is 2. The van der Waals surface area contributed by atoms with Gasteiger partial charge in [0.15, 0.2) is 5.69 Å². The normalized spacial score (nSPS) is 11.2. The SMILES string of the molecule is CCCCNc1ccc(C(=O)Nc2ccc(C(C)(C)C)cc2)nn1. The van der Waals surface area contributed by atoms with Crippen LogP contribution < -0.4 is 10.6 Å². The van der Waals surface area contributed by atoms with E-state index in [0.717, 1.165) is 25.1 Å². The molecule has 0 unspecified atom stereocenters. The van der Waals surface area contributed by atoms with Gasteiger partial charge in [-0.1, -0.05) is 46.2 Å². The number of aromatic nitrogens is 2. The minimum Gasteiger partial charge on any atom is -0.369 e. The van der Waals surface area contributed by atoms with Crippen molar-refractivity contribution in [2.75, 3.05) is 17.2 Å². The molecule has 1 aromatic carbocycles. The Morgan fingerprint density at radius 1 is 1.04 bits per heavy atom. The van der Waals surface area contributed by atoms with Crippen molar-refractivity contribution < 1.29 is 4.79 Å². The lowest BCUT2D eigenvalue weighted by molar-refractivity contribution is 0.102. The number of benzene rings is 1. The molecular formula is C19H26N4O. The van der Waals surface area contributed by atoms with Gasteiger partial charge >= 0.3 is 0 Å². The van der Waals surface area contributed by atoms with Crippen LogP contribution in [0.3, 0.4) is 0 Å². The molecule has 24 heavy (non-hydrogen) atoms. The number of amides is 1. The van der Waals surface area contributed by atoms with Crippen LogP contribution in [0, 0.1) is 0 Å². The molecule has 5 nitrogen and oxygen atoms in total. The predicted molar refractivity (Wildman–Crippen MR) is 98.5 cm³/mol. The van der Waals surface area contributed by atoms with Gasteiger partial charge < -0.3 is 10.6 Å². The van der Waals surface area contributed by atoms with E-state index in [9.17, 15) is 4.79 Å². The van der Waals surface area contributed by atoms with E-state index in [4.69, 9.17) is 0 Å². The maximum absolute atomic E-state index is 12.2. The van der Waals surface area contributed by atoms with Crippen LogP contribution in [0.25, 0.3) is 0 Å². The monoisotopic (exact) mass is 326 g/mol. The molecular weight excluding hydrogens is 300 g/mol. The Hall–Kier alpha value is -2.43. The van der Waals surface area contributed by atoms with Crippen LogP contribution in [-0.4, -0.2) is 22.6 Å². The van der Waals surface area contributed by atoms with E-state index in [1.165, 1.54) is 5.56 Å². The molecule has 0 atom stereocenters. The molecule has 0 saturated carbocycles. The van der Waals surface area contributed by atoms with E-state index in [-0.39, 0.29) is 11.3 Å². The summed E-state index contributed by atoms with van der Waals surface area (Å²) in [6.45, 7) is 9.47. The fourth-order valence-electron chi connectivity index (χ4n) is 2.19. The highest BCUT2D eigenvalue weighted by atomic mass is 16.1. The third-order valence-electron chi connectivity index (χ3n) is 3.74. The fraction of sp³-hybridized carbons (Fsp3) is 0.421. The highest BCUT2D eigenvalue weighted by Crippen LogP contribution is 2.23. The first-order valence-electron chi connectivity index (χ1n) is 8.39. The number of carbonyl (C=O) groups excluding carboxylic acids is 1. The van der Waals surface area contributed by atoms with E-state index in [1.54, 1.807) is 12.1 Å². The van der Waals surface area contributed by atoms with Crippen molar-refractivity contribution in [3.8, 4) is 0 Å². The van der Waals surface area contributed by atoms with Crippen LogP contribution in [0.1, 0.15) is 56.6 Å². The lowest BCUT2D eigenvalue weighted by Crippen LogP contribution is -2.15. The maximum atomic E-state index is 12.2. The van der Waals surface area contributed by atoms with Crippen molar-refractivity contribution >= 4 is 17.4 Å². The molecule has 0 bridgehead atoms. The molecule has 128 valence electrons. The van der Waals surface area contributed by atoms with Gasteiger partial charge in [-0.15, -0.1) is 10.2 Å². The zero-order valence-corrected chi connectivity index (χ0v) is 14.9. The summed E-state index contributed by atoms with van der Waals surface area (Å²) in [5.74, 6) is 0.431. The third kappa shape index (κ3) is 5.05. The molecule has 0 fully saturated rings. The summed E-state index contributed by atoms with van der Waals surface area (Å²) in [5, 5.41) is 14.0. The second kappa shape index (κ2) is 7.90. The molecule has 0 aliphatic carbocycles. The summed E-state index contributed by atoms with van der Waals surface area (Å²) in [7, 11) is 0. The summed E-state index contributed by atoms with van der Waals surface area (Å²) in [6, 6.07) is 11.3. The topological polar surface area (TPSA) is 66.9 Å². The number of unbranched alkanes of at least 4 members (excludes halogenated alkanes) is 1. The van der Waals surface area contributed by atoms with Crippen molar-refractivity contribution in [3.63, 3.8) is 0 Å². The summed E-state index contributed by atoms with van der Waals surface area (Å²) < 4.78 is 0. The quantitative estimate of drug-likeness (QED) is 0.779. The maximum Gasteiger partial charge on any atom is 0.276 e. The highest BCUT2D eigenvalue weighted by Gasteiger charge is 2.14. The molecule has 0 spiro atoms. The van der Waals surface area contributed by atoms with Gasteiger partial charge in [-0.05, 0) is 41.7 Å². The Balaban J connectivity index is 1.96. The van der Waals surface area contributed by atoms with Gasteiger partial charge in [0.1, 0.15) is 5.82 Å². The Morgan fingerprint density at radius 2 is 1.75 bits per heavy atom. The van der Waals surface area contributed by atoms with E-state index in [2.05, 4.69) is 48.5 Å². The van der Waals surface area contributed by atoms with Crippen LogP contribution in [0.15, 0.2) is 36.4 Å². The van der Waals surface area contributed by atoms with E-state index in [1.807, 2.05) is 24.3 Å². The van der Waals surface area contributed by atoms with Gasteiger partial charge in [0.2, 0.25) is 0 Å². The largest absolute Gasteiger partial charge is 0.369 e. The van der Waals surface area contributed by atoms with Gasteiger partial charge in [0.25, 0.3) is 5.91 Å². The number of anilines is 2. The lowest BCUT2D eigenvalue weighted by Gasteiger charge is -2.19. The van der Waals surface area contributed by atoms with E-state index >= 15 is 0 Å². The Labute approximate surface area is 143 Å². The molecule has 0 radical (unpaired) electrons. The van der Waals surface area contributed by atoms with Gasteiger partial charge in [-0.2, -0.15) is 0 Å². The summed E-state index contributed by atoms with van der Waals surface area (Å²) >= 11 is 0. The minimum absolute atomic E-state index is 0.0919. The van der Waals surface area contributed by atoms with Gasteiger partial charge in [-0.25, -0.2) is 0 Å². The predicted octanol–water partition coefficient (Wildman–Crippen LogP) is 4.24. The van der Waals surface area contributed by atoms with Crippen molar-refractivity contribution in [1.29, 1.82) is 0 Å². The molecule has 2 N–H and O–H groups in total. The number of carbonyl (C=O) groups is 1. The van der Waals surface area contributed by atoms with Crippen LogP contribution in [0.4, 0.5) is 11.5 Å². The first-order valence-corrected chi connectivity index (χ1v) is 8.39. The number of hydrogen-bond donors (Lipinski definition) is 2. The molecule has 0 aliphatic rings. The second-order valence-electron chi connectivity index (χ2n) is 6.87. The third-order valence-corrected chi connectivity index (χ3v) is 3.74. The van der Waals surface area contributed by atoms with Gasteiger partial charge in [0, 0.05) is 12.2 Å². The zero-order chi connectivity index (χ0) is 17.6. The first kappa shape index (κ1) is 17.9. The van der Waals surface area contributed by atoms with Crippen LogP contribution >= 0.6 is 0 Å². The molecule has 5 heteroatoms. The standard InChI is InChI=1S/C19H26N4O/c1-5-6-13-20-17-12-11-16(22-23-17)18(24)21-15-9-7-14(8-10-15)19(2,3)4/h7-12H,5-6,13H2,1-4H3,(H,20,23)(H,21,24). The van der Waals surface area contributed by atoms with E-state index < -0.39 is 0 Å². The minimum atomic E-state index is -0.258. The lowest BCUT2D eigenvalue weighted by atomic mass is 9.87. The fourth-order valence-corrected chi connectivity index (χ4v) is 2.19. The summed E-state index contributed by atoms with van der Waals surface area (Å²) in [5.41, 5.74) is 2.37. The average Bonchev–Trinajstić information content (AvgIpc) is 2.55. The number of nitrogens with zero attached hydrogens (tertiary/aromatic N) is 2. The van der Waals surface area contributed by atoms with Crippen molar-refractivity contribution in [1.82, 2.24) is 10.2 Å².